The molecule has 0 saturated heterocycles. The molecule has 0 saturated carbocycles. The van der Waals surface area contributed by atoms with Crippen LogP contribution in [0.25, 0.3) is 21.7 Å². The molecule has 6 heteroatoms. The number of rotatable bonds is 13. The molecule has 0 fully saturated rings. The normalized spacial score (nSPS) is 11.1. The number of nitrogens with zero attached hydrogens (tertiary/aromatic N) is 1. The number of pyridine rings is 1. The smallest absolute Gasteiger partial charge is 0.119 e. The van der Waals surface area contributed by atoms with E-state index in [0.717, 1.165) is 79.2 Å². The molecule has 1 aromatic heterocycles. The van der Waals surface area contributed by atoms with Crippen LogP contribution in [0.5, 0.6) is 11.5 Å². The summed E-state index contributed by atoms with van der Waals surface area (Å²) in [5, 5.41) is 14.3. The summed E-state index contributed by atoms with van der Waals surface area (Å²) in [6.45, 7) is 8.06. The van der Waals surface area contributed by atoms with Crippen LogP contribution >= 0.6 is 0 Å². The Morgan fingerprint density at radius 2 is 1.31 bits per heavy atom. The topological polar surface area (TPSA) is 67.4 Å². The average molecular weight is 487 g/mol. The van der Waals surface area contributed by atoms with Gasteiger partial charge in [0.25, 0.3) is 0 Å². The predicted octanol–water partition coefficient (Wildman–Crippen LogP) is 6.31. The van der Waals surface area contributed by atoms with E-state index in [-0.39, 0.29) is 0 Å². The summed E-state index contributed by atoms with van der Waals surface area (Å²) >= 11 is 0. The third kappa shape index (κ3) is 6.58. The van der Waals surface area contributed by atoms with E-state index in [1.165, 1.54) is 22.0 Å². The van der Waals surface area contributed by atoms with E-state index in [1.807, 2.05) is 31.2 Å². The number of unbranched alkanes of at least 4 members (excludes halogenated alkanes) is 1. The van der Waals surface area contributed by atoms with Crippen LogP contribution < -0.4 is 25.4 Å². The maximum absolute atomic E-state index is 5.42. The van der Waals surface area contributed by atoms with Gasteiger partial charge in [0.2, 0.25) is 0 Å². The van der Waals surface area contributed by atoms with Crippen molar-refractivity contribution in [3.63, 3.8) is 0 Å². The molecule has 0 atom stereocenters. The molecule has 190 valence electrons. The highest BCUT2D eigenvalue weighted by atomic mass is 16.5. The van der Waals surface area contributed by atoms with E-state index >= 15 is 0 Å². The summed E-state index contributed by atoms with van der Waals surface area (Å²) in [6, 6.07) is 18.8. The second-order valence-electron chi connectivity index (χ2n) is 9.26. The molecular formula is C30H38N4O2. The molecule has 4 rings (SSSR count). The van der Waals surface area contributed by atoms with Crippen LogP contribution in [0.1, 0.15) is 30.5 Å². The van der Waals surface area contributed by atoms with Crippen LogP contribution in [0.3, 0.4) is 0 Å². The number of hydrogen-bond donors (Lipinski definition) is 3. The largest absolute Gasteiger partial charge is 0.497 e. The number of aryl methyl sites for hydroxylation is 2. The maximum Gasteiger partial charge on any atom is 0.119 e. The van der Waals surface area contributed by atoms with Crippen molar-refractivity contribution in [1.29, 1.82) is 0 Å². The van der Waals surface area contributed by atoms with Crippen molar-refractivity contribution in [3.05, 3.63) is 65.9 Å². The van der Waals surface area contributed by atoms with Crippen LogP contribution in [-0.4, -0.2) is 45.4 Å². The number of aromatic nitrogens is 1. The Bertz CT molecular complexity index is 1200. The minimum Gasteiger partial charge on any atom is -0.497 e. The van der Waals surface area contributed by atoms with E-state index in [1.54, 1.807) is 14.2 Å². The van der Waals surface area contributed by atoms with Crippen LogP contribution in [0.2, 0.25) is 0 Å². The molecule has 0 aliphatic heterocycles. The highest BCUT2D eigenvalue weighted by molar-refractivity contribution is 5.95. The van der Waals surface area contributed by atoms with Crippen LogP contribution in [0.15, 0.2) is 54.6 Å². The zero-order valence-corrected chi connectivity index (χ0v) is 21.9. The molecule has 1 heterocycles. The predicted molar refractivity (Wildman–Crippen MR) is 152 cm³/mol. The Kier molecular flexibility index (Phi) is 8.85. The Balaban J connectivity index is 1.16. The highest BCUT2D eigenvalue weighted by Gasteiger charge is 2.06. The van der Waals surface area contributed by atoms with Crippen LogP contribution in [0.4, 0.5) is 11.4 Å². The highest BCUT2D eigenvalue weighted by Crippen LogP contribution is 2.29. The number of fused-ring (bicyclic) bond motifs is 2. The second-order valence-corrected chi connectivity index (χ2v) is 9.26. The van der Waals surface area contributed by atoms with Gasteiger partial charge >= 0.3 is 0 Å². The standard InChI is InChI=1S/C30H38N4O2/c1-21-16-23-8-9-24(35-3)19-26(23)29(17-21)32-14-6-5-12-31-13-7-15-33-30-18-22(2)34-28-11-10-25(36-4)20-27(28)30/h8-11,16-20,31-32H,5-7,12-15H2,1-4H3,(H,33,34). The SMILES string of the molecule is COc1ccc2cc(C)cc(NCCCCNCCCNc3cc(C)nc4ccc(OC)cc34)c2c1. The Labute approximate surface area is 214 Å². The monoisotopic (exact) mass is 486 g/mol. The molecule has 0 amide bonds. The van der Waals surface area contributed by atoms with E-state index in [2.05, 4.69) is 58.2 Å². The van der Waals surface area contributed by atoms with Crippen LogP contribution in [0, 0.1) is 13.8 Å². The lowest BCUT2D eigenvalue weighted by Crippen LogP contribution is -2.20. The summed E-state index contributed by atoms with van der Waals surface area (Å²) in [7, 11) is 3.41. The Hall–Kier alpha value is -3.51. The fraction of sp³-hybridized carbons (Fsp3) is 0.367. The molecule has 6 nitrogen and oxygen atoms in total. The van der Waals surface area contributed by atoms with Crippen molar-refractivity contribution < 1.29 is 9.47 Å². The molecule has 0 bridgehead atoms. The van der Waals surface area contributed by atoms with Gasteiger partial charge in [0.1, 0.15) is 11.5 Å². The molecule has 4 aromatic rings. The van der Waals surface area contributed by atoms with Gasteiger partial charge < -0.3 is 25.4 Å². The van der Waals surface area contributed by atoms with Gasteiger partial charge in [-0.25, -0.2) is 0 Å². The second kappa shape index (κ2) is 12.5. The van der Waals surface area contributed by atoms with E-state index in [9.17, 15) is 0 Å². The molecule has 3 aromatic carbocycles. The number of anilines is 2. The van der Waals surface area contributed by atoms with Gasteiger partial charge in [-0.15, -0.1) is 0 Å². The quantitative estimate of drug-likeness (QED) is 0.193. The molecule has 0 unspecified atom stereocenters. The zero-order valence-electron chi connectivity index (χ0n) is 21.9. The van der Waals surface area contributed by atoms with Crippen molar-refractivity contribution in [1.82, 2.24) is 10.3 Å². The van der Waals surface area contributed by atoms with E-state index in [0.29, 0.717) is 0 Å². The Morgan fingerprint density at radius 3 is 2.08 bits per heavy atom. The molecule has 3 N–H and O–H groups in total. The first kappa shape index (κ1) is 25.6. The fourth-order valence-corrected chi connectivity index (χ4v) is 4.53. The van der Waals surface area contributed by atoms with Gasteiger partial charge in [0.15, 0.2) is 0 Å². The first-order chi connectivity index (χ1) is 17.6. The zero-order chi connectivity index (χ0) is 25.3. The minimum absolute atomic E-state index is 0.850. The van der Waals surface area contributed by atoms with Crippen molar-refractivity contribution >= 4 is 33.1 Å². The lowest BCUT2D eigenvalue weighted by Gasteiger charge is -2.13. The molecule has 0 aliphatic rings. The number of ether oxygens (including phenoxy) is 2. The van der Waals surface area contributed by atoms with Crippen molar-refractivity contribution in [2.24, 2.45) is 0 Å². The minimum atomic E-state index is 0.850. The summed E-state index contributed by atoms with van der Waals surface area (Å²) in [4.78, 5) is 4.63. The van der Waals surface area contributed by atoms with Crippen molar-refractivity contribution in [2.45, 2.75) is 33.1 Å². The molecule has 0 aliphatic carbocycles. The van der Waals surface area contributed by atoms with E-state index < -0.39 is 0 Å². The first-order valence-electron chi connectivity index (χ1n) is 12.8. The van der Waals surface area contributed by atoms with E-state index in [4.69, 9.17) is 9.47 Å². The summed E-state index contributed by atoms with van der Waals surface area (Å²) < 4.78 is 10.8. The van der Waals surface area contributed by atoms with Gasteiger partial charge in [-0.1, -0.05) is 12.1 Å². The first-order valence-corrected chi connectivity index (χ1v) is 12.8. The average Bonchev–Trinajstić information content (AvgIpc) is 2.88. The third-order valence-electron chi connectivity index (χ3n) is 6.39. The number of methoxy groups -OCH3 is 2. The van der Waals surface area contributed by atoms with Gasteiger partial charge in [0, 0.05) is 40.9 Å². The van der Waals surface area contributed by atoms with Gasteiger partial charge in [0.05, 0.1) is 19.7 Å². The molecule has 0 radical (unpaired) electrons. The Morgan fingerprint density at radius 1 is 0.667 bits per heavy atom. The molecule has 0 spiro atoms. The number of benzene rings is 3. The third-order valence-corrected chi connectivity index (χ3v) is 6.39. The molecule has 36 heavy (non-hydrogen) atoms. The van der Waals surface area contributed by atoms with Gasteiger partial charge in [-0.05, 0) is 99.6 Å². The summed E-state index contributed by atoms with van der Waals surface area (Å²) in [5.74, 6) is 1.74. The summed E-state index contributed by atoms with van der Waals surface area (Å²) in [6.07, 6.45) is 3.32. The maximum atomic E-state index is 5.42. The van der Waals surface area contributed by atoms with Crippen molar-refractivity contribution in [2.75, 3.05) is 51.0 Å². The summed E-state index contributed by atoms with van der Waals surface area (Å²) in [5.41, 5.74) is 5.56. The van der Waals surface area contributed by atoms with Crippen LogP contribution in [-0.2, 0) is 0 Å². The molecular weight excluding hydrogens is 448 g/mol. The van der Waals surface area contributed by atoms with Gasteiger partial charge in [-0.2, -0.15) is 0 Å². The fourth-order valence-electron chi connectivity index (χ4n) is 4.53. The van der Waals surface area contributed by atoms with Gasteiger partial charge in [-0.3, -0.25) is 4.98 Å². The van der Waals surface area contributed by atoms with Crippen molar-refractivity contribution in [3.8, 4) is 11.5 Å². The lowest BCUT2D eigenvalue weighted by molar-refractivity contribution is 0.415. The lowest BCUT2D eigenvalue weighted by atomic mass is 10.0. The number of nitrogens with one attached hydrogen (secondary N) is 3. The number of hydrogen-bond acceptors (Lipinski definition) is 6.